The molecule has 0 aliphatic carbocycles. The van der Waals surface area contributed by atoms with Gasteiger partial charge in [-0.1, -0.05) is 18.2 Å². The molecule has 1 saturated heterocycles. The van der Waals surface area contributed by atoms with Gasteiger partial charge in [0.1, 0.15) is 6.04 Å². The van der Waals surface area contributed by atoms with Crippen LogP contribution in [0, 0.1) is 0 Å². The Morgan fingerprint density at radius 3 is 2.59 bits per heavy atom. The van der Waals surface area contributed by atoms with Gasteiger partial charge in [0.25, 0.3) is 11.8 Å². The van der Waals surface area contributed by atoms with Crippen molar-refractivity contribution in [1.29, 1.82) is 0 Å². The van der Waals surface area contributed by atoms with Crippen molar-refractivity contribution in [3.05, 3.63) is 77.7 Å². The second-order valence-corrected chi connectivity index (χ2v) is 8.18. The number of nitrogens with one attached hydrogen (secondary N) is 2. The van der Waals surface area contributed by atoms with Crippen molar-refractivity contribution in [3.8, 4) is 11.1 Å². The van der Waals surface area contributed by atoms with Crippen LogP contribution in [0.15, 0.2) is 65.3 Å². The van der Waals surface area contributed by atoms with Gasteiger partial charge in [0.2, 0.25) is 5.91 Å². The molecule has 0 bridgehead atoms. The number of anilines is 1. The van der Waals surface area contributed by atoms with E-state index in [2.05, 4.69) is 10.6 Å². The first-order chi connectivity index (χ1) is 16.2. The zero-order chi connectivity index (χ0) is 24.0. The normalized spacial score (nSPS) is 19.8. The first kappa shape index (κ1) is 21.7. The van der Waals surface area contributed by atoms with Gasteiger partial charge >= 0.3 is 6.18 Å². The van der Waals surface area contributed by atoms with E-state index in [0.29, 0.717) is 11.1 Å². The van der Waals surface area contributed by atoms with E-state index in [4.69, 9.17) is 4.42 Å². The van der Waals surface area contributed by atoms with E-state index in [1.807, 2.05) is 0 Å². The number of hydrogen-bond donors (Lipinski definition) is 2. The summed E-state index contributed by atoms with van der Waals surface area (Å²) in [6.07, 6.45) is -2.91. The van der Waals surface area contributed by atoms with Crippen molar-refractivity contribution < 1.29 is 32.0 Å². The van der Waals surface area contributed by atoms with Gasteiger partial charge in [0.15, 0.2) is 5.76 Å². The Labute approximate surface area is 191 Å². The molecule has 0 saturated carbocycles. The molecule has 7 nitrogen and oxygen atoms in total. The van der Waals surface area contributed by atoms with Gasteiger partial charge in [-0.05, 0) is 53.9 Å². The molecule has 174 valence electrons. The lowest BCUT2D eigenvalue weighted by molar-refractivity contribution is -0.137. The molecule has 2 aromatic carbocycles. The summed E-state index contributed by atoms with van der Waals surface area (Å²) in [6.45, 7) is 0.108. The third kappa shape index (κ3) is 3.91. The molecule has 2 atom stereocenters. The number of furan rings is 1. The fourth-order valence-corrected chi connectivity index (χ4v) is 4.33. The van der Waals surface area contributed by atoms with Crippen LogP contribution in [-0.2, 0) is 11.0 Å². The Morgan fingerprint density at radius 2 is 1.85 bits per heavy atom. The number of benzene rings is 2. The van der Waals surface area contributed by atoms with E-state index in [-0.39, 0.29) is 30.0 Å². The van der Waals surface area contributed by atoms with E-state index in [9.17, 15) is 27.6 Å². The number of amides is 3. The zero-order valence-corrected chi connectivity index (χ0v) is 17.6. The third-order valence-electron chi connectivity index (χ3n) is 5.98. The molecule has 1 aromatic heterocycles. The van der Waals surface area contributed by atoms with Crippen molar-refractivity contribution in [1.82, 2.24) is 10.2 Å². The van der Waals surface area contributed by atoms with Gasteiger partial charge in [-0.15, -0.1) is 0 Å². The summed E-state index contributed by atoms with van der Waals surface area (Å²) in [4.78, 5) is 39.9. The molecule has 2 aliphatic heterocycles. The number of hydrogen-bond acceptors (Lipinski definition) is 4. The molecule has 34 heavy (non-hydrogen) atoms. The molecule has 2 aliphatic rings. The Morgan fingerprint density at radius 1 is 1.06 bits per heavy atom. The Balaban J connectivity index is 1.42. The van der Waals surface area contributed by atoms with Crippen LogP contribution in [0.3, 0.4) is 0 Å². The van der Waals surface area contributed by atoms with Crippen molar-refractivity contribution in [2.24, 2.45) is 0 Å². The van der Waals surface area contributed by atoms with Crippen LogP contribution >= 0.6 is 0 Å². The molecular weight excluding hydrogens is 451 g/mol. The van der Waals surface area contributed by atoms with Crippen LogP contribution < -0.4 is 10.6 Å². The number of rotatable bonds is 3. The average molecular weight is 469 g/mol. The Kier molecular flexibility index (Phi) is 5.15. The number of fused-ring (bicyclic) bond motifs is 2. The molecule has 0 unspecified atom stereocenters. The molecule has 3 heterocycles. The molecule has 3 aromatic rings. The van der Waals surface area contributed by atoms with Crippen molar-refractivity contribution in [3.63, 3.8) is 0 Å². The lowest BCUT2D eigenvalue weighted by Crippen LogP contribution is -2.41. The van der Waals surface area contributed by atoms with E-state index in [0.717, 1.165) is 12.1 Å². The summed E-state index contributed by atoms with van der Waals surface area (Å²) >= 11 is 0. The predicted octanol–water partition coefficient (Wildman–Crippen LogP) is 3.93. The largest absolute Gasteiger partial charge is 0.459 e. The summed E-state index contributed by atoms with van der Waals surface area (Å²) < 4.78 is 44.5. The molecule has 3 amide bonds. The maximum absolute atomic E-state index is 13.4. The minimum absolute atomic E-state index is 0.108. The molecule has 2 N–H and O–H groups in total. The van der Waals surface area contributed by atoms with E-state index in [1.54, 1.807) is 12.1 Å². The Hall–Kier alpha value is -4.08. The first-order valence-corrected chi connectivity index (χ1v) is 10.5. The van der Waals surface area contributed by atoms with Crippen molar-refractivity contribution in [2.45, 2.75) is 24.7 Å². The minimum atomic E-state index is -4.50. The number of halogens is 3. The van der Waals surface area contributed by atoms with Crippen molar-refractivity contribution >= 4 is 23.4 Å². The Bertz CT molecular complexity index is 1290. The molecule has 10 heteroatoms. The highest BCUT2D eigenvalue weighted by Gasteiger charge is 2.43. The van der Waals surface area contributed by atoms with Crippen LogP contribution in [-0.4, -0.2) is 41.2 Å². The van der Waals surface area contributed by atoms with Gasteiger partial charge in [-0.25, -0.2) is 0 Å². The van der Waals surface area contributed by atoms with Crippen LogP contribution in [0.25, 0.3) is 11.1 Å². The van der Waals surface area contributed by atoms with E-state index < -0.39 is 41.5 Å². The highest BCUT2D eigenvalue weighted by atomic mass is 19.4. The third-order valence-corrected chi connectivity index (χ3v) is 5.98. The fourth-order valence-electron chi connectivity index (χ4n) is 4.33. The van der Waals surface area contributed by atoms with Crippen LogP contribution in [0.1, 0.15) is 32.9 Å². The summed E-state index contributed by atoms with van der Waals surface area (Å²) in [5.74, 6) is -1.17. The lowest BCUT2D eigenvalue weighted by Gasteiger charge is -2.20. The summed E-state index contributed by atoms with van der Waals surface area (Å²) in [7, 11) is 0. The van der Waals surface area contributed by atoms with Crippen LogP contribution in [0.5, 0.6) is 0 Å². The SMILES string of the molecule is O=C(N[C@H]1C[C@H]2C(=O)Nc3ccc(-c4cccc(C(F)(F)F)c4)cc3C(=O)N2C1)c1ccco1. The minimum Gasteiger partial charge on any atom is -0.459 e. The number of carbonyl (C=O) groups is 3. The summed E-state index contributed by atoms with van der Waals surface area (Å²) in [6, 6.07) is 11.2. The topological polar surface area (TPSA) is 91.7 Å². The predicted molar refractivity (Wildman–Crippen MR) is 115 cm³/mol. The van der Waals surface area contributed by atoms with Gasteiger partial charge in [0.05, 0.1) is 23.1 Å². The summed E-state index contributed by atoms with van der Waals surface area (Å²) in [5, 5.41) is 5.49. The van der Waals surface area contributed by atoms with E-state index >= 15 is 0 Å². The van der Waals surface area contributed by atoms with Gasteiger partial charge in [0, 0.05) is 12.6 Å². The summed E-state index contributed by atoms with van der Waals surface area (Å²) in [5.41, 5.74) is 0.365. The first-order valence-electron chi connectivity index (χ1n) is 10.5. The average Bonchev–Trinajstić information content (AvgIpc) is 3.47. The number of nitrogens with zero attached hydrogens (tertiary/aromatic N) is 1. The highest BCUT2D eigenvalue weighted by molar-refractivity contribution is 6.11. The van der Waals surface area contributed by atoms with Gasteiger partial charge < -0.3 is 20.0 Å². The number of alkyl halides is 3. The standard InChI is InChI=1S/C24H18F3N3O4/c25-24(26,27)15-4-1-3-13(9-15)14-6-7-18-17(10-14)23(33)30-12-16(11-19(30)21(31)29-18)28-22(32)20-5-2-8-34-20/h1-10,16,19H,11-12H2,(H,28,32)(H,29,31)/t16-,19-/m0/s1. The van der Waals surface area contributed by atoms with Crippen LogP contribution in [0.2, 0.25) is 0 Å². The van der Waals surface area contributed by atoms with E-state index in [1.165, 1.54) is 41.5 Å². The fraction of sp³-hybridized carbons (Fsp3) is 0.208. The maximum atomic E-state index is 13.4. The highest BCUT2D eigenvalue weighted by Crippen LogP contribution is 2.35. The van der Waals surface area contributed by atoms with Crippen LogP contribution in [0.4, 0.5) is 18.9 Å². The second kappa shape index (κ2) is 8.05. The number of carbonyl (C=O) groups excluding carboxylic acids is 3. The quantitative estimate of drug-likeness (QED) is 0.608. The maximum Gasteiger partial charge on any atom is 0.416 e. The van der Waals surface area contributed by atoms with Gasteiger partial charge in [-0.2, -0.15) is 13.2 Å². The molecular formula is C24H18F3N3O4. The molecule has 5 rings (SSSR count). The zero-order valence-electron chi connectivity index (χ0n) is 17.6. The molecule has 0 spiro atoms. The van der Waals surface area contributed by atoms with Gasteiger partial charge in [-0.3, -0.25) is 14.4 Å². The monoisotopic (exact) mass is 469 g/mol. The smallest absolute Gasteiger partial charge is 0.416 e. The lowest BCUT2D eigenvalue weighted by atomic mass is 9.99. The molecule has 0 radical (unpaired) electrons. The second-order valence-electron chi connectivity index (χ2n) is 8.18. The van der Waals surface area contributed by atoms with Crippen molar-refractivity contribution in [2.75, 3.05) is 11.9 Å². The molecule has 1 fully saturated rings.